The van der Waals surface area contributed by atoms with Gasteiger partial charge < -0.3 is 10.6 Å². The number of hydrogen-bond donors (Lipinski definition) is 1. The van der Waals surface area contributed by atoms with Crippen LogP contribution in [0.2, 0.25) is 0 Å². The molecule has 0 saturated heterocycles. The van der Waals surface area contributed by atoms with Crippen LogP contribution in [0, 0.1) is 0 Å². The number of thiocarbonyl (C=S) groups is 1. The number of nitrogens with zero attached hydrogens (tertiary/aromatic N) is 1. The molecule has 0 atom stereocenters. The van der Waals surface area contributed by atoms with E-state index in [1.807, 2.05) is 35.2 Å². The zero-order valence-corrected chi connectivity index (χ0v) is 9.26. The van der Waals surface area contributed by atoms with Crippen molar-refractivity contribution < 1.29 is 0 Å². The third-order valence-electron chi connectivity index (χ3n) is 2.07. The summed E-state index contributed by atoms with van der Waals surface area (Å²) in [4.78, 5) is 1.97. The molecule has 0 aliphatic rings. The van der Waals surface area contributed by atoms with Crippen LogP contribution in [0.4, 0.5) is 5.69 Å². The molecule has 0 aromatic heterocycles. The standard InChI is InChI=1S/C11H16N2S/c1-2-3-9-13(11(12)14)10-7-5-4-6-8-10/h4-8H,2-3,9H2,1H3,(H2,12,14). The number of benzene rings is 1. The molecular weight excluding hydrogens is 192 g/mol. The molecule has 76 valence electrons. The molecule has 0 amide bonds. The first kappa shape index (κ1) is 11.0. The van der Waals surface area contributed by atoms with E-state index in [2.05, 4.69) is 6.92 Å². The maximum atomic E-state index is 5.67. The molecule has 2 nitrogen and oxygen atoms in total. The van der Waals surface area contributed by atoms with Crippen LogP contribution in [-0.4, -0.2) is 11.7 Å². The van der Waals surface area contributed by atoms with Crippen molar-refractivity contribution >= 4 is 23.0 Å². The zero-order valence-electron chi connectivity index (χ0n) is 8.44. The van der Waals surface area contributed by atoms with E-state index in [1.54, 1.807) is 0 Å². The van der Waals surface area contributed by atoms with Gasteiger partial charge in [0, 0.05) is 12.2 Å². The predicted octanol–water partition coefficient (Wildman–Crippen LogP) is 2.54. The summed E-state index contributed by atoms with van der Waals surface area (Å²) in [6.07, 6.45) is 2.25. The molecule has 1 rings (SSSR count). The minimum Gasteiger partial charge on any atom is -0.376 e. The summed E-state index contributed by atoms with van der Waals surface area (Å²) in [5, 5.41) is 0.449. The van der Waals surface area contributed by atoms with Crippen LogP contribution >= 0.6 is 12.2 Å². The SMILES string of the molecule is CCCCN(C(N)=S)c1ccccc1. The fraction of sp³-hybridized carbons (Fsp3) is 0.364. The molecule has 0 fully saturated rings. The summed E-state index contributed by atoms with van der Waals surface area (Å²) in [6.45, 7) is 3.05. The van der Waals surface area contributed by atoms with Gasteiger partial charge in [0.15, 0.2) is 5.11 Å². The molecule has 1 aromatic carbocycles. The van der Waals surface area contributed by atoms with Gasteiger partial charge in [-0.05, 0) is 30.8 Å². The van der Waals surface area contributed by atoms with Crippen LogP contribution in [0.25, 0.3) is 0 Å². The van der Waals surface area contributed by atoms with E-state index in [9.17, 15) is 0 Å². The Morgan fingerprint density at radius 1 is 1.36 bits per heavy atom. The van der Waals surface area contributed by atoms with E-state index in [4.69, 9.17) is 18.0 Å². The highest BCUT2D eigenvalue weighted by Crippen LogP contribution is 2.13. The smallest absolute Gasteiger partial charge is 0.170 e. The molecule has 0 unspecified atom stereocenters. The molecule has 0 aliphatic heterocycles. The lowest BCUT2D eigenvalue weighted by Gasteiger charge is -2.22. The van der Waals surface area contributed by atoms with E-state index < -0.39 is 0 Å². The van der Waals surface area contributed by atoms with Crippen LogP contribution < -0.4 is 10.6 Å². The van der Waals surface area contributed by atoms with Gasteiger partial charge in [0.1, 0.15) is 0 Å². The van der Waals surface area contributed by atoms with Gasteiger partial charge in [-0.25, -0.2) is 0 Å². The van der Waals surface area contributed by atoms with Crippen LogP contribution in [0.3, 0.4) is 0 Å². The van der Waals surface area contributed by atoms with Gasteiger partial charge in [0.2, 0.25) is 0 Å². The fourth-order valence-corrected chi connectivity index (χ4v) is 1.49. The summed E-state index contributed by atoms with van der Waals surface area (Å²) in [7, 11) is 0. The van der Waals surface area contributed by atoms with Crippen molar-refractivity contribution in [2.45, 2.75) is 19.8 Å². The normalized spacial score (nSPS) is 9.79. The Kier molecular flexibility index (Phi) is 4.40. The van der Waals surface area contributed by atoms with Crippen molar-refractivity contribution in [2.24, 2.45) is 5.73 Å². The molecule has 2 N–H and O–H groups in total. The van der Waals surface area contributed by atoms with E-state index in [1.165, 1.54) is 0 Å². The molecule has 0 heterocycles. The van der Waals surface area contributed by atoms with Crippen molar-refractivity contribution in [3.63, 3.8) is 0 Å². The van der Waals surface area contributed by atoms with Gasteiger partial charge in [-0.2, -0.15) is 0 Å². The monoisotopic (exact) mass is 208 g/mol. The number of anilines is 1. The first-order valence-electron chi connectivity index (χ1n) is 4.87. The number of unbranched alkanes of at least 4 members (excludes halogenated alkanes) is 1. The first-order valence-corrected chi connectivity index (χ1v) is 5.28. The van der Waals surface area contributed by atoms with Gasteiger partial charge in [-0.15, -0.1) is 0 Å². The number of rotatable bonds is 4. The van der Waals surface area contributed by atoms with Crippen LogP contribution in [0.5, 0.6) is 0 Å². The molecule has 1 aromatic rings. The van der Waals surface area contributed by atoms with Crippen molar-refractivity contribution in [1.82, 2.24) is 0 Å². The average Bonchev–Trinajstić information content (AvgIpc) is 2.19. The van der Waals surface area contributed by atoms with Crippen molar-refractivity contribution in [2.75, 3.05) is 11.4 Å². The lowest BCUT2D eigenvalue weighted by Crippen LogP contribution is -2.36. The topological polar surface area (TPSA) is 29.3 Å². The minimum atomic E-state index is 0.449. The molecule has 0 spiro atoms. The second-order valence-corrected chi connectivity index (χ2v) is 3.60. The van der Waals surface area contributed by atoms with Crippen molar-refractivity contribution in [3.05, 3.63) is 30.3 Å². The lowest BCUT2D eigenvalue weighted by atomic mass is 10.2. The summed E-state index contributed by atoms with van der Waals surface area (Å²) in [6, 6.07) is 10.0. The predicted molar refractivity (Wildman–Crippen MR) is 65.5 cm³/mol. The molecule has 0 aliphatic carbocycles. The van der Waals surface area contributed by atoms with Crippen LogP contribution in [-0.2, 0) is 0 Å². The number of para-hydroxylation sites is 1. The minimum absolute atomic E-state index is 0.449. The Morgan fingerprint density at radius 3 is 2.50 bits per heavy atom. The van der Waals surface area contributed by atoms with Crippen molar-refractivity contribution in [1.29, 1.82) is 0 Å². The van der Waals surface area contributed by atoms with Gasteiger partial charge >= 0.3 is 0 Å². The Morgan fingerprint density at radius 2 is 2.00 bits per heavy atom. The molecule has 3 heteroatoms. The van der Waals surface area contributed by atoms with Crippen LogP contribution in [0.1, 0.15) is 19.8 Å². The maximum Gasteiger partial charge on any atom is 0.170 e. The summed E-state index contributed by atoms with van der Waals surface area (Å²) < 4.78 is 0. The number of nitrogens with two attached hydrogens (primary N) is 1. The van der Waals surface area contributed by atoms with Gasteiger partial charge in [0.25, 0.3) is 0 Å². The largest absolute Gasteiger partial charge is 0.376 e. The Balaban J connectivity index is 2.73. The third kappa shape index (κ3) is 3.00. The van der Waals surface area contributed by atoms with Gasteiger partial charge in [0.05, 0.1) is 0 Å². The number of hydrogen-bond acceptors (Lipinski definition) is 1. The van der Waals surface area contributed by atoms with Gasteiger partial charge in [-0.1, -0.05) is 31.5 Å². The first-order chi connectivity index (χ1) is 6.75. The highest BCUT2D eigenvalue weighted by Gasteiger charge is 2.06. The Bertz CT molecular complexity index is 285. The Hall–Kier alpha value is -1.09. The van der Waals surface area contributed by atoms with Crippen molar-refractivity contribution in [3.8, 4) is 0 Å². The van der Waals surface area contributed by atoms with E-state index in [-0.39, 0.29) is 0 Å². The highest BCUT2D eigenvalue weighted by molar-refractivity contribution is 7.80. The molecular formula is C11H16N2S. The molecule has 14 heavy (non-hydrogen) atoms. The summed E-state index contributed by atoms with van der Waals surface area (Å²) in [5.41, 5.74) is 6.74. The van der Waals surface area contributed by atoms with Gasteiger partial charge in [-0.3, -0.25) is 0 Å². The average molecular weight is 208 g/mol. The lowest BCUT2D eigenvalue weighted by molar-refractivity contribution is 0.796. The third-order valence-corrected chi connectivity index (χ3v) is 2.29. The van der Waals surface area contributed by atoms with Crippen LogP contribution in [0.15, 0.2) is 30.3 Å². The fourth-order valence-electron chi connectivity index (χ4n) is 1.29. The molecule has 0 bridgehead atoms. The molecule has 0 saturated carbocycles. The quantitative estimate of drug-likeness (QED) is 0.771. The second-order valence-electron chi connectivity index (χ2n) is 3.18. The van der Waals surface area contributed by atoms with E-state index in [0.717, 1.165) is 25.1 Å². The summed E-state index contributed by atoms with van der Waals surface area (Å²) >= 11 is 5.02. The van der Waals surface area contributed by atoms with E-state index in [0.29, 0.717) is 5.11 Å². The van der Waals surface area contributed by atoms with E-state index >= 15 is 0 Å². The zero-order chi connectivity index (χ0) is 10.4. The Labute approximate surface area is 90.7 Å². The second kappa shape index (κ2) is 5.60. The molecule has 0 radical (unpaired) electrons. The highest BCUT2D eigenvalue weighted by atomic mass is 32.1. The maximum absolute atomic E-state index is 5.67. The summed E-state index contributed by atoms with van der Waals surface area (Å²) in [5.74, 6) is 0.